The average molecular weight is 490 g/mol. The molecule has 0 spiro atoms. The van der Waals surface area contributed by atoms with Gasteiger partial charge in [-0.1, -0.05) is 38.1 Å². The molecule has 34 heavy (non-hydrogen) atoms. The van der Waals surface area contributed by atoms with Gasteiger partial charge in [0.05, 0.1) is 14.2 Å². The predicted octanol–water partition coefficient (Wildman–Crippen LogP) is 4.80. The second-order valence-electron chi connectivity index (χ2n) is 8.36. The van der Waals surface area contributed by atoms with Crippen molar-refractivity contribution in [1.82, 2.24) is 5.32 Å². The maximum absolute atomic E-state index is 16.2. The van der Waals surface area contributed by atoms with Crippen molar-refractivity contribution in [3.8, 4) is 5.75 Å². The number of allylic oxidation sites excluding steroid dienone is 2. The zero-order chi connectivity index (χ0) is 25.5. The number of esters is 1. The minimum Gasteiger partial charge on any atom is -0.497 e. The number of nitrogens with one attached hydrogen (secondary N) is 1. The molecule has 0 aromatic heterocycles. The number of halogens is 4. The number of carbonyl (C=O) groups excluding carboxylic acids is 1. The van der Waals surface area contributed by atoms with E-state index >= 15 is 4.39 Å². The quantitative estimate of drug-likeness (QED) is 0.274. The number of carbonyl (C=O) groups is 1. The lowest BCUT2D eigenvalue weighted by molar-refractivity contribution is -0.172. The summed E-state index contributed by atoms with van der Waals surface area (Å²) in [5.74, 6) is -3.08. The van der Waals surface area contributed by atoms with Gasteiger partial charge in [-0.2, -0.15) is 13.2 Å². The van der Waals surface area contributed by atoms with Crippen LogP contribution in [0, 0.1) is 5.92 Å². The molecule has 1 N–H and O–H groups in total. The van der Waals surface area contributed by atoms with Crippen molar-refractivity contribution >= 4 is 11.5 Å². The van der Waals surface area contributed by atoms with Crippen LogP contribution in [-0.2, 0) is 19.0 Å². The van der Waals surface area contributed by atoms with Crippen LogP contribution in [0.15, 0.2) is 42.0 Å². The molecule has 2 rings (SSSR count). The van der Waals surface area contributed by atoms with Gasteiger partial charge in [-0.3, -0.25) is 10.1 Å². The highest BCUT2D eigenvalue weighted by Gasteiger charge is 2.49. The van der Waals surface area contributed by atoms with Gasteiger partial charge in [0.25, 0.3) is 0 Å². The smallest absolute Gasteiger partial charge is 0.407 e. The van der Waals surface area contributed by atoms with Crippen LogP contribution in [0.5, 0.6) is 5.75 Å². The molecular weight excluding hydrogens is 458 g/mol. The van der Waals surface area contributed by atoms with Gasteiger partial charge in [-0.25, -0.2) is 4.39 Å². The topological polar surface area (TPSA) is 66.0 Å². The maximum atomic E-state index is 16.2. The standard InChI is InChI=1S/C24H31F4NO5/c1-15(2)11-20(22(30)33-5)29-21(24(26,27)28)17-9-10-19(23(25,13-17)34-14-31-3)16-7-6-8-18(12-16)32-4/h6-10,12,15,20-21,29H,11,13-14H2,1-5H3. The molecule has 0 aliphatic heterocycles. The summed E-state index contributed by atoms with van der Waals surface area (Å²) >= 11 is 0. The molecule has 1 aliphatic rings. The second-order valence-corrected chi connectivity index (χ2v) is 8.36. The highest BCUT2D eigenvalue weighted by molar-refractivity contribution is 5.76. The Bertz CT molecular complexity index is 900. The van der Waals surface area contributed by atoms with E-state index in [1.54, 1.807) is 38.1 Å². The number of rotatable bonds is 11. The Balaban J connectivity index is 2.51. The van der Waals surface area contributed by atoms with Crippen LogP contribution in [0.3, 0.4) is 0 Å². The molecule has 0 saturated carbocycles. The first kappa shape index (κ1) is 27.8. The Labute approximate surface area is 196 Å². The lowest BCUT2D eigenvalue weighted by Gasteiger charge is -2.36. The number of ether oxygens (including phenoxy) is 4. The molecule has 0 saturated heterocycles. The van der Waals surface area contributed by atoms with Crippen molar-refractivity contribution in [2.24, 2.45) is 5.92 Å². The summed E-state index contributed by atoms with van der Waals surface area (Å²) in [6.07, 6.45) is -2.97. The second kappa shape index (κ2) is 11.8. The van der Waals surface area contributed by atoms with Crippen LogP contribution in [0.4, 0.5) is 17.6 Å². The lowest BCUT2D eigenvalue weighted by atomic mass is 9.85. The van der Waals surface area contributed by atoms with E-state index in [4.69, 9.17) is 14.2 Å². The summed E-state index contributed by atoms with van der Waals surface area (Å²) in [5.41, 5.74) is 0.0900. The fraction of sp³-hybridized carbons (Fsp3) is 0.542. The molecule has 0 amide bonds. The molecule has 0 heterocycles. The molecule has 0 radical (unpaired) electrons. The van der Waals surface area contributed by atoms with Crippen LogP contribution in [-0.4, -0.2) is 58.2 Å². The Hall–Kier alpha value is -2.43. The first-order valence-corrected chi connectivity index (χ1v) is 10.7. The van der Waals surface area contributed by atoms with Crippen molar-refractivity contribution in [3.05, 3.63) is 47.6 Å². The third-order valence-corrected chi connectivity index (χ3v) is 5.34. The molecule has 1 aromatic rings. The molecule has 0 fully saturated rings. The molecular formula is C24H31F4NO5. The summed E-state index contributed by atoms with van der Waals surface area (Å²) < 4.78 is 78.5. The van der Waals surface area contributed by atoms with E-state index in [0.29, 0.717) is 11.3 Å². The fourth-order valence-corrected chi connectivity index (χ4v) is 3.77. The van der Waals surface area contributed by atoms with E-state index in [0.717, 1.165) is 7.11 Å². The summed E-state index contributed by atoms with van der Waals surface area (Å²) in [7, 11) is 3.84. The van der Waals surface area contributed by atoms with Gasteiger partial charge in [-0.15, -0.1) is 0 Å². The minimum atomic E-state index is -4.81. The van der Waals surface area contributed by atoms with Crippen LogP contribution in [0.2, 0.25) is 0 Å². The Morgan fingerprint density at radius 3 is 2.44 bits per heavy atom. The zero-order valence-electron chi connectivity index (χ0n) is 19.9. The van der Waals surface area contributed by atoms with Crippen molar-refractivity contribution in [2.45, 2.75) is 50.8 Å². The van der Waals surface area contributed by atoms with Gasteiger partial charge >= 0.3 is 12.1 Å². The van der Waals surface area contributed by atoms with Crippen molar-refractivity contribution in [1.29, 1.82) is 0 Å². The van der Waals surface area contributed by atoms with Crippen LogP contribution < -0.4 is 10.1 Å². The summed E-state index contributed by atoms with van der Waals surface area (Å²) in [6, 6.07) is 2.94. The number of hydrogen-bond acceptors (Lipinski definition) is 6. The van der Waals surface area contributed by atoms with Crippen LogP contribution in [0.1, 0.15) is 32.3 Å². The highest BCUT2D eigenvalue weighted by atomic mass is 19.4. The molecule has 0 bridgehead atoms. The summed E-state index contributed by atoms with van der Waals surface area (Å²) in [6.45, 7) is 3.07. The van der Waals surface area contributed by atoms with E-state index in [-0.39, 0.29) is 23.5 Å². The Morgan fingerprint density at radius 1 is 1.18 bits per heavy atom. The van der Waals surface area contributed by atoms with Gasteiger partial charge < -0.3 is 18.9 Å². The van der Waals surface area contributed by atoms with E-state index in [1.165, 1.54) is 26.4 Å². The van der Waals surface area contributed by atoms with Crippen molar-refractivity contribution in [2.75, 3.05) is 28.1 Å². The van der Waals surface area contributed by atoms with Crippen molar-refractivity contribution < 1.29 is 41.3 Å². The normalized spacial score (nSPS) is 20.4. The molecule has 190 valence electrons. The summed E-state index contributed by atoms with van der Waals surface area (Å²) in [4.78, 5) is 12.1. The SMILES string of the molecule is COCOC1(F)CC(C(NC(CC(C)C)C(=O)OC)C(F)(F)F)=CC=C1c1cccc(OC)c1. The van der Waals surface area contributed by atoms with Crippen LogP contribution >= 0.6 is 0 Å². The van der Waals surface area contributed by atoms with Crippen molar-refractivity contribution in [3.63, 3.8) is 0 Å². The molecule has 1 aliphatic carbocycles. The maximum Gasteiger partial charge on any atom is 0.407 e. The van der Waals surface area contributed by atoms with Gasteiger partial charge in [0.15, 0.2) is 0 Å². The minimum absolute atomic E-state index is 0.0276. The third-order valence-electron chi connectivity index (χ3n) is 5.34. The van der Waals surface area contributed by atoms with Gasteiger partial charge in [-0.05, 0) is 35.6 Å². The van der Waals surface area contributed by atoms with E-state index in [1.807, 2.05) is 0 Å². The Kier molecular flexibility index (Phi) is 9.66. The Morgan fingerprint density at radius 2 is 1.88 bits per heavy atom. The molecule has 1 aromatic carbocycles. The first-order valence-electron chi connectivity index (χ1n) is 10.7. The van der Waals surface area contributed by atoms with E-state index < -0.39 is 43.3 Å². The highest BCUT2D eigenvalue weighted by Crippen LogP contribution is 2.44. The number of methoxy groups -OCH3 is 3. The molecule has 10 heteroatoms. The number of alkyl halides is 4. The third kappa shape index (κ3) is 7.04. The molecule has 6 nitrogen and oxygen atoms in total. The number of benzene rings is 1. The lowest BCUT2D eigenvalue weighted by Crippen LogP contribution is -2.53. The van der Waals surface area contributed by atoms with Crippen LogP contribution in [0.25, 0.3) is 5.57 Å². The van der Waals surface area contributed by atoms with Gasteiger partial charge in [0.1, 0.15) is 24.6 Å². The average Bonchev–Trinajstić information content (AvgIpc) is 2.78. The predicted molar refractivity (Wildman–Crippen MR) is 119 cm³/mol. The van der Waals surface area contributed by atoms with Gasteiger partial charge in [0, 0.05) is 19.1 Å². The van der Waals surface area contributed by atoms with E-state index in [2.05, 4.69) is 10.1 Å². The molecule has 3 unspecified atom stereocenters. The number of hydrogen-bond donors (Lipinski definition) is 1. The monoisotopic (exact) mass is 489 g/mol. The summed E-state index contributed by atoms with van der Waals surface area (Å²) in [5, 5.41) is 2.34. The fourth-order valence-electron chi connectivity index (χ4n) is 3.77. The molecule has 3 atom stereocenters. The van der Waals surface area contributed by atoms with Gasteiger partial charge in [0.2, 0.25) is 5.85 Å². The largest absolute Gasteiger partial charge is 0.497 e. The first-order chi connectivity index (χ1) is 15.9. The zero-order valence-corrected chi connectivity index (χ0v) is 19.9. The van der Waals surface area contributed by atoms with E-state index in [9.17, 15) is 18.0 Å².